The Morgan fingerprint density at radius 1 is 0.812 bits per heavy atom. The molecule has 3 aliphatic rings. The van der Waals surface area contributed by atoms with Crippen LogP contribution in [0.15, 0.2) is 0 Å². The van der Waals surface area contributed by atoms with Gasteiger partial charge in [-0.15, -0.1) is 0 Å². The van der Waals surface area contributed by atoms with Gasteiger partial charge in [0.2, 0.25) is 0 Å². The highest BCUT2D eigenvalue weighted by Crippen LogP contribution is 2.29. The zero-order valence-electron chi connectivity index (χ0n) is 10.3. The van der Waals surface area contributed by atoms with Gasteiger partial charge in [-0.1, -0.05) is 6.42 Å². The molecular weight excluding hydrogens is 198 g/mol. The van der Waals surface area contributed by atoms with E-state index in [0.717, 1.165) is 12.1 Å². The van der Waals surface area contributed by atoms with Gasteiger partial charge in [0.25, 0.3) is 0 Å². The topological polar surface area (TPSA) is 32.5 Å². The Morgan fingerprint density at radius 2 is 1.56 bits per heavy atom. The minimum Gasteiger partial charge on any atom is -0.328 e. The van der Waals surface area contributed by atoms with E-state index >= 15 is 0 Å². The molecule has 16 heavy (non-hydrogen) atoms. The van der Waals surface area contributed by atoms with Crippen LogP contribution in [0.4, 0.5) is 0 Å². The molecule has 0 amide bonds. The molecule has 3 rings (SSSR count). The van der Waals surface area contributed by atoms with Crippen LogP contribution < -0.4 is 5.73 Å². The summed E-state index contributed by atoms with van der Waals surface area (Å²) < 4.78 is 0. The van der Waals surface area contributed by atoms with Crippen molar-refractivity contribution in [3.63, 3.8) is 0 Å². The largest absolute Gasteiger partial charge is 0.328 e. The molecule has 2 saturated heterocycles. The molecule has 2 aliphatic heterocycles. The SMILES string of the molecule is NC1CC(N2CCC(N3CCCCC3)C2)C1. The lowest BCUT2D eigenvalue weighted by molar-refractivity contribution is 0.113. The second kappa shape index (κ2) is 4.63. The van der Waals surface area contributed by atoms with Crippen LogP contribution in [0.2, 0.25) is 0 Å². The van der Waals surface area contributed by atoms with Crippen molar-refractivity contribution >= 4 is 0 Å². The number of rotatable bonds is 2. The van der Waals surface area contributed by atoms with Crippen molar-refractivity contribution in [2.75, 3.05) is 26.2 Å². The minimum atomic E-state index is 0.499. The van der Waals surface area contributed by atoms with Crippen LogP contribution in [0.5, 0.6) is 0 Å². The molecule has 92 valence electrons. The lowest BCUT2D eigenvalue weighted by atomic mass is 9.86. The molecule has 2 heterocycles. The molecule has 3 heteroatoms. The molecule has 1 atom stereocenters. The van der Waals surface area contributed by atoms with Gasteiger partial charge in [0.1, 0.15) is 0 Å². The predicted octanol–water partition coefficient (Wildman–Crippen LogP) is 1.04. The lowest BCUT2D eigenvalue weighted by Gasteiger charge is -2.40. The summed E-state index contributed by atoms with van der Waals surface area (Å²) >= 11 is 0. The Bertz CT molecular complexity index is 231. The molecule has 1 saturated carbocycles. The van der Waals surface area contributed by atoms with E-state index < -0.39 is 0 Å². The van der Waals surface area contributed by atoms with E-state index in [2.05, 4.69) is 9.80 Å². The number of nitrogens with two attached hydrogens (primary N) is 1. The fourth-order valence-electron chi connectivity index (χ4n) is 3.61. The maximum atomic E-state index is 5.88. The van der Waals surface area contributed by atoms with Gasteiger partial charge < -0.3 is 5.73 Å². The normalized spacial score (nSPS) is 42.2. The van der Waals surface area contributed by atoms with Gasteiger partial charge in [-0.2, -0.15) is 0 Å². The molecule has 1 unspecified atom stereocenters. The van der Waals surface area contributed by atoms with E-state index in [0.29, 0.717) is 6.04 Å². The van der Waals surface area contributed by atoms with Crippen molar-refractivity contribution in [1.82, 2.24) is 9.80 Å². The fourth-order valence-corrected chi connectivity index (χ4v) is 3.61. The predicted molar refractivity (Wildman–Crippen MR) is 66.4 cm³/mol. The van der Waals surface area contributed by atoms with Crippen LogP contribution in [-0.4, -0.2) is 54.1 Å². The zero-order chi connectivity index (χ0) is 11.0. The lowest BCUT2D eigenvalue weighted by Crippen LogP contribution is -2.51. The Labute approximate surface area is 99.0 Å². The van der Waals surface area contributed by atoms with Gasteiger partial charge in [-0.25, -0.2) is 0 Å². The molecule has 3 fully saturated rings. The first-order chi connectivity index (χ1) is 7.83. The van der Waals surface area contributed by atoms with Gasteiger partial charge in [-0.3, -0.25) is 9.80 Å². The maximum absolute atomic E-state index is 5.88. The van der Waals surface area contributed by atoms with Crippen molar-refractivity contribution in [3.8, 4) is 0 Å². The molecule has 0 aromatic carbocycles. The fraction of sp³-hybridized carbons (Fsp3) is 1.00. The van der Waals surface area contributed by atoms with Crippen LogP contribution in [-0.2, 0) is 0 Å². The molecule has 2 N–H and O–H groups in total. The Kier molecular flexibility index (Phi) is 3.18. The monoisotopic (exact) mass is 223 g/mol. The van der Waals surface area contributed by atoms with Gasteiger partial charge in [0.15, 0.2) is 0 Å². The van der Waals surface area contributed by atoms with Crippen molar-refractivity contribution < 1.29 is 0 Å². The number of hydrogen-bond donors (Lipinski definition) is 1. The van der Waals surface area contributed by atoms with Crippen LogP contribution in [0, 0.1) is 0 Å². The molecule has 1 aliphatic carbocycles. The first kappa shape index (κ1) is 11.0. The van der Waals surface area contributed by atoms with Crippen LogP contribution >= 0.6 is 0 Å². The third-order valence-corrected chi connectivity index (χ3v) is 4.77. The first-order valence-electron chi connectivity index (χ1n) is 7.06. The highest BCUT2D eigenvalue weighted by molar-refractivity contribution is 4.95. The van der Waals surface area contributed by atoms with Gasteiger partial charge in [0, 0.05) is 31.2 Å². The zero-order valence-corrected chi connectivity index (χ0v) is 10.3. The molecule has 0 aromatic rings. The summed E-state index contributed by atoms with van der Waals surface area (Å²) in [5.74, 6) is 0. The maximum Gasteiger partial charge on any atom is 0.0235 e. The number of likely N-dealkylation sites (tertiary alicyclic amines) is 2. The quantitative estimate of drug-likeness (QED) is 0.759. The van der Waals surface area contributed by atoms with Crippen molar-refractivity contribution in [1.29, 1.82) is 0 Å². The molecule has 0 aromatic heterocycles. The van der Waals surface area contributed by atoms with Crippen LogP contribution in [0.25, 0.3) is 0 Å². The first-order valence-corrected chi connectivity index (χ1v) is 7.06. The molecule has 0 radical (unpaired) electrons. The van der Waals surface area contributed by atoms with Gasteiger partial charge in [-0.05, 0) is 45.2 Å². The van der Waals surface area contributed by atoms with E-state index in [1.807, 2.05) is 0 Å². The highest BCUT2D eigenvalue weighted by Gasteiger charge is 2.37. The van der Waals surface area contributed by atoms with Crippen LogP contribution in [0.3, 0.4) is 0 Å². The van der Waals surface area contributed by atoms with Crippen molar-refractivity contribution in [3.05, 3.63) is 0 Å². The summed E-state index contributed by atoms with van der Waals surface area (Å²) in [7, 11) is 0. The van der Waals surface area contributed by atoms with Gasteiger partial charge in [0.05, 0.1) is 0 Å². The second-order valence-corrected chi connectivity index (χ2v) is 5.92. The van der Waals surface area contributed by atoms with E-state index in [9.17, 15) is 0 Å². The van der Waals surface area contributed by atoms with E-state index in [1.54, 1.807) is 0 Å². The Hall–Kier alpha value is -0.120. The molecule has 3 nitrogen and oxygen atoms in total. The summed E-state index contributed by atoms with van der Waals surface area (Å²) in [5.41, 5.74) is 5.88. The van der Waals surface area contributed by atoms with Crippen LogP contribution in [0.1, 0.15) is 38.5 Å². The number of nitrogens with zero attached hydrogens (tertiary/aromatic N) is 2. The standard InChI is InChI=1S/C13H25N3/c14-11-8-13(9-11)16-7-4-12(10-16)15-5-2-1-3-6-15/h11-13H,1-10,14H2. The Balaban J connectivity index is 1.48. The summed E-state index contributed by atoms with van der Waals surface area (Å²) in [4.78, 5) is 5.44. The van der Waals surface area contributed by atoms with Crippen molar-refractivity contribution in [2.24, 2.45) is 5.73 Å². The molecule has 0 bridgehead atoms. The van der Waals surface area contributed by atoms with E-state index in [-0.39, 0.29) is 0 Å². The smallest absolute Gasteiger partial charge is 0.0235 e. The van der Waals surface area contributed by atoms with E-state index in [4.69, 9.17) is 5.73 Å². The summed E-state index contributed by atoms with van der Waals surface area (Å²) in [6.45, 7) is 5.33. The summed E-state index contributed by atoms with van der Waals surface area (Å²) in [6, 6.07) is 2.18. The third-order valence-electron chi connectivity index (χ3n) is 4.77. The Morgan fingerprint density at radius 3 is 2.25 bits per heavy atom. The third kappa shape index (κ3) is 2.13. The van der Waals surface area contributed by atoms with Gasteiger partial charge >= 0.3 is 0 Å². The molecular formula is C13H25N3. The average molecular weight is 223 g/mol. The van der Waals surface area contributed by atoms with E-state index in [1.165, 1.54) is 64.7 Å². The molecule has 0 spiro atoms. The highest BCUT2D eigenvalue weighted by atomic mass is 15.3. The number of piperidine rings is 1. The number of hydrogen-bond acceptors (Lipinski definition) is 3. The van der Waals surface area contributed by atoms with Crippen molar-refractivity contribution in [2.45, 2.75) is 56.7 Å². The summed E-state index contributed by atoms with van der Waals surface area (Å²) in [5, 5.41) is 0. The average Bonchev–Trinajstić information content (AvgIpc) is 2.75. The second-order valence-electron chi connectivity index (χ2n) is 5.92. The summed E-state index contributed by atoms with van der Waals surface area (Å²) in [6.07, 6.45) is 8.17. The minimum absolute atomic E-state index is 0.499.